The van der Waals surface area contributed by atoms with E-state index in [9.17, 15) is 14.5 Å². The maximum absolute atomic E-state index is 13.2. The lowest BCUT2D eigenvalue weighted by Crippen LogP contribution is -2.12. The van der Waals surface area contributed by atoms with Crippen molar-refractivity contribution in [1.29, 1.82) is 0 Å². The summed E-state index contributed by atoms with van der Waals surface area (Å²) in [5, 5.41) is 21.6. The largest absolute Gasteiger partial charge is 0.394 e. The number of nitro benzene ring substituents is 1. The maximum Gasteiger partial charge on any atom is 0.294 e. The molecule has 0 saturated heterocycles. The smallest absolute Gasteiger partial charge is 0.294 e. The van der Waals surface area contributed by atoms with Gasteiger partial charge in [0.2, 0.25) is 0 Å². The van der Waals surface area contributed by atoms with Crippen LogP contribution in [0, 0.1) is 15.9 Å². The third-order valence-corrected chi connectivity index (χ3v) is 2.32. The van der Waals surface area contributed by atoms with E-state index >= 15 is 0 Å². The lowest BCUT2D eigenvalue weighted by Gasteiger charge is -2.08. The molecule has 0 bridgehead atoms. The highest BCUT2D eigenvalue weighted by molar-refractivity contribution is 6.31. The fourth-order valence-corrected chi connectivity index (χ4v) is 1.41. The molecule has 0 heterocycles. The van der Waals surface area contributed by atoms with Crippen LogP contribution in [0.4, 0.5) is 15.8 Å². The van der Waals surface area contributed by atoms with Crippen molar-refractivity contribution in [1.82, 2.24) is 0 Å². The van der Waals surface area contributed by atoms with Crippen molar-refractivity contribution in [2.45, 2.75) is 0 Å². The number of rotatable bonds is 7. The molecule has 0 aliphatic rings. The van der Waals surface area contributed by atoms with Gasteiger partial charge in [0, 0.05) is 18.7 Å². The zero-order chi connectivity index (χ0) is 13.5. The van der Waals surface area contributed by atoms with E-state index in [1.165, 1.54) is 0 Å². The van der Waals surface area contributed by atoms with Crippen molar-refractivity contribution in [2.24, 2.45) is 0 Å². The topological polar surface area (TPSA) is 84.6 Å². The number of nitrogens with zero attached hydrogens (tertiary/aromatic N) is 1. The first-order valence-corrected chi connectivity index (χ1v) is 5.50. The highest BCUT2D eigenvalue weighted by Gasteiger charge is 2.17. The van der Waals surface area contributed by atoms with E-state index in [0.29, 0.717) is 0 Å². The molecule has 0 aliphatic heterocycles. The molecule has 6 nitrogen and oxygen atoms in total. The molecule has 1 rings (SSSR count). The van der Waals surface area contributed by atoms with Gasteiger partial charge in [0.25, 0.3) is 5.69 Å². The Labute approximate surface area is 107 Å². The van der Waals surface area contributed by atoms with E-state index < -0.39 is 10.7 Å². The van der Waals surface area contributed by atoms with Crippen molar-refractivity contribution in [3.63, 3.8) is 0 Å². The van der Waals surface area contributed by atoms with E-state index in [2.05, 4.69) is 5.32 Å². The van der Waals surface area contributed by atoms with Crippen LogP contribution >= 0.6 is 11.6 Å². The van der Waals surface area contributed by atoms with Crippen LogP contribution < -0.4 is 5.32 Å². The third kappa shape index (κ3) is 4.10. The molecule has 8 heteroatoms. The Morgan fingerprint density at radius 1 is 1.50 bits per heavy atom. The summed E-state index contributed by atoms with van der Waals surface area (Å²) in [7, 11) is 0. The van der Waals surface area contributed by atoms with E-state index in [0.717, 1.165) is 12.1 Å². The predicted molar refractivity (Wildman–Crippen MR) is 64.5 cm³/mol. The van der Waals surface area contributed by atoms with Gasteiger partial charge in [-0.05, 0) is 0 Å². The Kier molecular flexibility index (Phi) is 5.76. The zero-order valence-electron chi connectivity index (χ0n) is 9.36. The summed E-state index contributed by atoms with van der Waals surface area (Å²) < 4.78 is 18.2. The molecule has 1 aromatic carbocycles. The third-order valence-electron chi connectivity index (χ3n) is 2.03. The second-order valence-corrected chi connectivity index (χ2v) is 3.71. The fraction of sp³-hybridized carbons (Fsp3) is 0.400. The number of anilines is 1. The highest BCUT2D eigenvalue weighted by Crippen LogP contribution is 2.30. The molecule has 0 spiro atoms. The van der Waals surface area contributed by atoms with Gasteiger partial charge in [0.05, 0.1) is 29.8 Å². The fourth-order valence-electron chi connectivity index (χ4n) is 1.25. The van der Waals surface area contributed by atoms with Gasteiger partial charge >= 0.3 is 0 Å². The number of ether oxygens (including phenoxy) is 1. The van der Waals surface area contributed by atoms with E-state index in [4.69, 9.17) is 21.4 Å². The van der Waals surface area contributed by atoms with Crippen molar-refractivity contribution >= 4 is 23.0 Å². The maximum atomic E-state index is 13.2. The molecule has 2 N–H and O–H groups in total. The molecule has 0 unspecified atom stereocenters. The zero-order valence-corrected chi connectivity index (χ0v) is 10.1. The minimum atomic E-state index is -0.735. The molecule has 0 saturated carbocycles. The van der Waals surface area contributed by atoms with Crippen molar-refractivity contribution in [2.75, 3.05) is 31.7 Å². The molecule has 1 aromatic rings. The van der Waals surface area contributed by atoms with Crippen LogP contribution in [-0.2, 0) is 4.74 Å². The van der Waals surface area contributed by atoms with Gasteiger partial charge in [-0.25, -0.2) is 4.39 Å². The monoisotopic (exact) mass is 278 g/mol. The number of aliphatic hydroxyl groups is 1. The molecular formula is C10H12ClFN2O4. The average Bonchev–Trinajstić information content (AvgIpc) is 2.32. The second kappa shape index (κ2) is 7.10. The molecule has 0 fully saturated rings. The molecule has 0 radical (unpaired) electrons. The molecule has 0 aliphatic carbocycles. The summed E-state index contributed by atoms with van der Waals surface area (Å²) in [6.07, 6.45) is 0. The summed E-state index contributed by atoms with van der Waals surface area (Å²) >= 11 is 5.47. The quantitative estimate of drug-likeness (QED) is 0.451. The van der Waals surface area contributed by atoms with Crippen LogP contribution in [0.5, 0.6) is 0 Å². The van der Waals surface area contributed by atoms with E-state index in [1.54, 1.807) is 0 Å². The number of nitrogens with one attached hydrogen (secondary N) is 1. The summed E-state index contributed by atoms with van der Waals surface area (Å²) in [5.41, 5.74) is -0.266. The predicted octanol–water partition coefficient (Wildman–Crippen LogP) is 1.81. The first-order valence-electron chi connectivity index (χ1n) is 5.12. The summed E-state index contributed by atoms with van der Waals surface area (Å²) in [6.45, 7) is 0.568. The van der Waals surface area contributed by atoms with Crippen molar-refractivity contribution < 1.29 is 19.2 Å². The normalized spacial score (nSPS) is 10.4. The summed E-state index contributed by atoms with van der Waals surface area (Å²) in [5.74, 6) is -0.735. The Hall–Kier alpha value is -1.44. The lowest BCUT2D eigenvalue weighted by molar-refractivity contribution is -0.384. The van der Waals surface area contributed by atoms with Crippen molar-refractivity contribution in [3.05, 3.63) is 33.1 Å². The molecule has 18 heavy (non-hydrogen) atoms. The van der Waals surface area contributed by atoms with Gasteiger partial charge in [-0.1, -0.05) is 11.6 Å². The van der Waals surface area contributed by atoms with Crippen LogP contribution in [-0.4, -0.2) is 36.4 Å². The molecule has 100 valence electrons. The van der Waals surface area contributed by atoms with Crippen LogP contribution in [0.3, 0.4) is 0 Å². The molecule has 0 amide bonds. The second-order valence-electron chi connectivity index (χ2n) is 3.30. The van der Waals surface area contributed by atoms with Gasteiger partial charge in [0.15, 0.2) is 0 Å². The minimum absolute atomic E-state index is 0.0366. The summed E-state index contributed by atoms with van der Waals surface area (Å²) in [6, 6.07) is 1.92. The summed E-state index contributed by atoms with van der Waals surface area (Å²) in [4.78, 5) is 10.1. The van der Waals surface area contributed by atoms with Gasteiger partial charge in [-0.15, -0.1) is 0 Å². The highest BCUT2D eigenvalue weighted by atomic mass is 35.5. The van der Waals surface area contributed by atoms with Gasteiger partial charge in [0.1, 0.15) is 11.5 Å². The van der Waals surface area contributed by atoms with E-state index in [1.807, 2.05) is 0 Å². The number of hydrogen-bond donors (Lipinski definition) is 2. The average molecular weight is 279 g/mol. The first-order chi connectivity index (χ1) is 8.56. The minimum Gasteiger partial charge on any atom is -0.394 e. The van der Waals surface area contributed by atoms with E-state index in [-0.39, 0.29) is 42.8 Å². The number of hydrogen-bond acceptors (Lipinski definition) is 5. The molecular weight excluding hydrogens is 267 g/mol. The van der Waals surface area contributed by atoms with Crippen LogP contribution in [0.2, 0.25) is 5.02 Å². The van der Waals surface area contributed by atoms with Crippen LogP contribution in [0.25, 0.3) is 0 Å². The van der Waals surface area contributed by atoms with Gasteiger partial charge in [-0.2, -0.15) is 0 Å². The first kappa shape index (κ1) is 14.6. The molecule has 0 atom stereocenters. The SMILES string of the molecule is O=[N+]([O-])c1cc(Cl)c(F)cc1NCCOCCO. The van der Waals surface area contributed by atoms with Gasteiger partial charge in [-0.3, -0.25) is 10.1 Å². The number of aliphatic hydroxyl groups excluding tert-OH is 1. The van der Waals surface area contributed by atoms with Crippen LogP contribution in [0.1, 0.15) is 0 Å². The number of halogens is 2. The number of nitro groups is 1. The lowest BCUT2D eigenvalue weighted by atomic mass is 10.2. The number of benzene rings is 1. The molecule has 0 aromatic heterocycles. The van der Waals surface area contributed by atoms with Gasteiger partial charge < -0.3 is 15.2 Å². The Bertz CT molecular complexity index is 431. The standard InChI is InChI=1S/C10H12ClFN2O4/c11-7-5-10(14(16)17)9(6-8(7)12)13-1-3-18-4-2-15/h5-6,13,15H,1-4H2. The Morgan fingerprint density at radius 3 is 2.83 bits per heavy atom. The van der Waals surface area contributed by atoms with Crippen LogP contribution in [0.15, 0.2) is 12.1 Å². The Balaban J connectivity index is 2.68. The Morgan fingerprint density at radius 2 is 2.22 bits per heavy atom. The van der Waals surface area contributed by atoms with Crippen molar-refractivity contribution in [3.8, 4) is 0 Å².